The molecule has 0 saturated carbocycles. The van der Waals surface area contributed by atoms with E-state index in [1.807, 2.05) is 24.3 Å². The van der Waals surface area contributed by atoms with Crippen molar-refractivity contribution in [2.75, 3.05) is 5.32 Å². The van der Waals surface area contributed by atoms with E-state index in [0.29, 0.717) is 10.8 Å². The quantitative estimate of drug-likeness (QED) is 0.683. The first-order chi connectivity index (χ1) is 10.8. The second kappa shape index (κ2) is 6.65. The van der Waals surface area contributed by atoms with Crippen molar-refractivity contribution in [1.82, 2.24) is 20.4 Å². The molecule has 3 rings (SSSR count). The van der Waals surface area contributed by atoms with Crippen LogP contribution in [-0.2, 0) is 6.42 Å². The zero-order chi connectivity index (χ0) is 15.4. The van der Waals surface area contributed by atoms with Gasteiger partial charge in [-0.1, -0.05) is 49.3 Å². The number of carbonyl (C=O) groups is 1. The van der Waals surface area contributed by atoms with Gasteiger partial charge < -0.3 is 0 Å². The highest BCUT2D eigenvalue weighted by Crippen LogP contribution is 2.20. The molecule has 1 amide bonds. The van der Waals surface area contributed by atoms with Gasteiger partial charge in [-0.2, -0.15) is 5.10 Å². The predicted molar refractivity (Wildman–Crippen MR) is 87.2 cm³/mol. The van der Waals surface area contributed by atoms with Crippen molar-refractivity contribution in [1.29, 1.82) is 0 Å². The largest absolute Gasteiger partial charge is 0.295 e. The molecule has 0 fully saturated rings. The van der Waals surface area contributed by atoms with Gasteiger partial charge in [0.15, 0.2) is 5.69 Å². The van der Waals surface area contributed by atoms with Crippen LogP contribution in [0.25, 0.3) is 10.9 Å². The minimum atomic E-state index is -0.270. The number of para-hydroxylation sites is 1. The molecule has 6 nitrogen and oxygen atoms in total. The van der Waals surface area contributed by atoms with Gasteiger partial charge in [-0.15, -0.1) is 10.2 Å². The molecule has 0 saturated heterocycles. The summed E-state index contributed by atoms with van der Waals surface area (Å²) in [4.78, 5) is 12.3. The topological polar surface area (TPSA) is 83.6 Å². The Morgan fingerprint density at radius 1 is 1.27 bits per heavy atom. The van der Waals surface area contributed by atoms with Crippen molar-refractivity contribution in [2.45, 2.75) is 32.6 Å². The van der Waals surface area contributed by atoms with Gasteiger partial charge in [0.25, 0.3) is 5.91 Å². The number of anilines is 1. The second-order valence-corrected chi connectivity index (χ2v) is 6.09. The fraction of sp³-hybridized carbons (Fsp3) is 0.333. The Hall–Kier alpha value is -2.28. The van der Waals surface area contributed by atoms with Gasteiger partial charge in [-0.05, 0) is 12.5 Å². The summed E-state index contributed by atoms with van der Waals surface area (Å²) in [6, 6.07) is 7.53. The molecule has 0 aliphatic rings. The maximum absolute atomic E-state index is 12.3. The van der Waals surface area contributed by atoms with Gasteiger partial charge in [0, 0.05) is 11.8 Å². The number of benzene rings is 1. The van der Waals surface area contributed by atoms with Gasteiger partial charge in [-0.25, -0.2) is 0 Å². The molecule has 2 aromatic heterocycles. The summed E-state index contributed by atoms with van der Waals surface area (Å²) in [5.41, 5.74) is 1.21. The third kappa shape index (κ3) is 3.14. The van der Waals surface area contributed by atoms with Crippen LogP contribution < -0.4 is 5.32 Å². The molecule has 7 heteroatoms. The van der Waals surface area contributed by atoms with Crippen molar-refractivity contribution in [3.8, 4) is 0 Å². The third-order valence-electron chi connectivity index (χ3n) is 3.37. The molecular weight excluding hydrogens is 298 g/mol. The Bertz CT molecular complexity index is 779. The number of hydrogen-bond donors (Lipinski definition) is 2. The van der Waals surface area contributed by atoms with Crippen molar-refractivity contribution >= 4 is 33.3 Å². The highest BCUT2D eigenvalue weighted by atomic mass is 32.1. The van der Waals surface area contributed by atoms with Crippen LogP contribution in [-0.4, -0.2) is 26.3 Å². The average Bonchev–Trinajstić information content (AvgIpc) is 3.14. The van der Waals surface area contributed by atoms with Gasteiger partial charge in [0.2, 0.25) is 5.13 Å². The molecule has 22 heavy (non-hydrogen) atoms. The summed E-state index contributed by atoms with van der Waals surface area (Å²) < 4.78 is 0. The number of aryl methyl sites for hydroxylation is 1. The molecule has 0 spiro atoms. The van der Waals surface area contributed by atoms with Crippen molar-refractivity contribution < 1.29 is 4.79 Å². The highest BCUT2D eigenvalue weighted by molar-refractivity contribution is 7.15. The number of aromatic nitrogens is 4. The highest BCUT2D eigenvalue weighted by Gasteiger charge is 2.15. The first-order valence-corrected chi connectivity index (χ1v) is 8.16. The molecular formula is C15H17N5OS. The monoisotopic (exact) mass is 315 g/mol. The van der Waals surface area contributed by atoms with Gasteiger partial charge in [-0.3, -0.25) is 15.2 Å². The molecule has 2 heterocycles. The third-order valence-corrected chi connectivity index (χ3v) is 4.27. The van der Waals surface area contributed by atoms with E-state index in [0.717, 1.165) is 28.8 Å². The van der Waals surface area contributed by atoms with Crippen molar-refractivity contribution in [3.05, 3.63) is 35.0 Å². The van der Waals surface area contributed by atoms with E-state index in [-0.39, 0.29) is 5.91 Å². The summed E-state index contributed by atoms with van der Waals surface area (Å²) in [5.74, 6) is -0.270. The number of nitrogens with zero attached hydrogens (tertiary/aromatic N) is 3. The van der Waals surface area contributed by atoms with E-state index in [1.165, 1.54) is 24.2 Å². The van der Waals surface area contributed by atoms with Crippen LogP contribution in [0.1, 0.15) is 41.7 Å². The molecule has 0 unspecified atom stereocenters. The lowest BCUT2D eigenvalue weighted by atomic mass is 10.2. The SMILES string of the molecule is CCCCCc1nnc(NC(=O)c2n[nH]c3ccccc23)s1. The molecule has 114 valence electrons. The van der Waals surface area contributed by atoms with E-state index in [1.54, 1.807) is 0 Å². The number of H-pyrrole nitrogens is 1. The number of carbonyl (C=O) groups excluding carboxylic acids is 1. The average molecular weight is 315 g/mol. The van der Waals surface area contributed by atoms with Crippen LogP contribution in [0.2, 0.25) is 0 Å². The number of hydrogen-bond acceptors (Lipinski definition) is 5. The first-order valence-electron chi connectivity index (χ1n) is 7.34. The Morgan fingerprint density at radius 2 is 2.14 bits per heavy atom. The fourth-order valence-corrected chi connectivity index (χ4v) is 3.00. The lowest BCUT2D eigenvalue weighted by molar-refractivity contribution is 0.102. The maximum Gasteiger partial charge on any atom is 0.278 e. The zero-order valence-electron chi connectivity index (χ0n) is 12.3. The normalized spacial score (nSPS) is 11.0. The lowest BCUT2D eigenvalue weighted by Gasteiger charge is -1.97. The first kappa shape index (κ1) is 14.6. The van der Waals surface area contributed by atoms with E-state index in [9.17, 15) is 4.79 Å². The molecule has 1 aromatic carbocycles. The molecule has 3 aromatic rings. The van der Waals surface area contributed by atoms with E-state index < -0.39 is 0 Å². The minimum Gasteiger partial charge on any atom is -0.295 e. The Kier molecular flexibility index (Phi) is 4.43. The Balaban J connectivity index is 1.69. The smallest absolute Gasteiger partial charge is 0.278 e. The van der Waals surface area contributed by atoms with E-state index in [4.69, 9.17) is 0 Å². The second-order valence-electron chi connectivity index (χ2n) is 5.03. The molecule has 0 bridgehead atoms. The summed E-state index contributed by atoms with van der Waals surface area (Å²) in [6.45, 7) is 2.17. The van der Waals surface area contributed by atoms with E-state index in [2.05, 4.69) is 32.6 Å². The van der Waals surface area contributed by atoms with Gasteiger partial charge in [0.1, 0.15) is 5.01 Å². The predicted octanol–water partition coefficient (Wildman–Crippen LogP) is 3.40. The standard InChI is InChI=1S/C15H17N5OS/c1-2-3-4-9-12-18-20-15(22-12)16-14(21)13-10-7-5-6-8-11(10)17-19-13/h5-8H,2-4,9H2,1H3,(H,17,19)(H,16,20,21). The number of fused-ring (bicyclic) bond motifs is 1. The Labute approximate surface area is 132 Å². The van der Waals surface area contributed by atoms with Crippen LogP contribution in [0.15, 0.2) is 24.3 Å². The molecule has 2 N–H and O–H groups in total. The minimum absolute atomic E-state index is 0.270. The van der Waals surface area contributed by atoms with Crippen LogP contribution in [0, 0.1) is 0 Å². The summed E-state index contributed by atoms with van der Waals surface area (Å²) in [5, 5.41) is 20.1. The number of amides is 1. The molecule has 0 radical (unpaired) electrons. The summed E-state index contributed by atoms with van der Waals surface area (Å²) in [6.07, 6.45) is 4.37. The number of aromatic amines is 1. The van der Waals surface area contributed by atoms with Gasteiger partial charge in [0.05, 0.1) is 5.52 Å². The molecule has 0 aliphatic carbocycles. The van der Waals surface area contributed by atoms with Crippen LogP contribution in [0.4, 0.5) is 5.13 Å². The Morgan fingerprint density at radius 3 is 3.00 bits per heavy atom. The van der Waals surface area contributed by atoms with Crippen LogP contribution in [0.5, 0.6) is 0 Å². The number of unbranched alkanes of at least 4 members (excludes halogenated alkanes) is 2. The summed E-state index contributed by atoms with van der Waals surface area (Å²) >= 11 is 1.42. The van der Waals surface area contributed by atoms with Gasteiger partial charge >= 0.3 is 0 Å². The van der Waals surface area contributed by atoms with E-state index >= 15 is 0 Å². The van der Waals surface area contributed by atoms with Crippen molar-refractivity contribution in [2.24, 2.45) is 0 Å². The fourth-order valence-electron chi connectivity index (χ4n) is 2.22. The van der Waals surface area contributed by atoms with Crippen LogP contribution in [0.3, 0.4) is 0 Å². The van der Waals surface area contributed by atoms with Crippen LogP contribution >= 0.6 is 11.3 Å². The molecule has 0 atom stereocenters. The summed E-state index contributed by atoms with van der Waals surface area (Å²) in [7, 11) is 0. The van der Waals surface area contributed by atoms with Crippen molar-refractivity contribution in [3.63, 3.8) is 0 Å². The number of nitrogens with one attached hydrogen (secondary N) is 2. The maximum atomic E-state index is 12.3. The molecule has 0 aliphatic heterocycles. The zero-order valence-corrected chi connectivity index (χ0v) is 13.1. The lowest BCUT2D eigenvalue weighted by Crippen LogP contribution is -2.12. The number of rotatable bonds is 6.